The van der Waals surface area contributed by atoms with E-state index in [9.17, 15) is 14.4 Å². The average Bonchev–Trinajstić information content (AvgIpc) is 3.52. The summed E-state index contributed by atoms with van der Waals surface area (Å²) in [6.45, 7) is 0. The number of benzene rings is 4. The van der Waals surface area contributed by atoms with Crippen molar-refractivity contribution in [1.82, 2.24) is 10.3 Å². The van der Waals surface area contributed by atoms with Gasteiger partial charge < -0.3 is 20.7 Å². The quantitative estimate of drug-likeness (QED) is 0.0952. The van der Waals surface area contributed by atoms with Gasteiger partial charge in [0.25, 0.3) is 11.8 Å². The van der Waals surface area contributed by atoms with Crippen LogP contribution in [0.2, 0.25) is 10.0 Å². The second-order valence-corrected chi connectivity index (χ2v) is 12.4. The van der Waals surface area contributed by atoms with Gasteiger partial charge in [0.15, 0.2) is 5.13 Å². The molecule has 0 saturated carbocycles. The number of thioether (sulfide) groups is 1. The molecule has 5 rings (SSSR count). The standard InChI is InChI=1S/C34H26Cl2N4O4S2/c1-44-25-12-7-21(8-13-25)17-29(38-32(42)22-5-3-2-4-6-22)33(43)37-24-10-14-26(15-11-24)45-20-31(41)40-34-39-30(19-46-34)27-16-9-23(35)18-28(27)36/h2-19H,20H2,1H3,(H,37,43)(H,38,42)(H,39,40,41)/b29-17-. The first-order valence-electron chi connectivity index (χ1n) is 13.7. The second kappa shape index (κ2) is 15.6. The molecule has 0 aliphatic carbocycles. The van der Waals surface area contributed by atoms with Crippen LogP contribution in [-0.4, -0.2) is 35.6 Å². The molecule has 4 aromatic carbocycles. The highest BCUT2D eigenvalue weighted by Crippen LogP contribution is 2.32. The topological polar surface area (TPSA) is 109 Å². The van der Waals surface area contributed by atoms with E-state index in [0.717, 1.165) is 10.5 Å². The lowest BCUT2D eigenvalue weighted by atomic mass is 10.1. The van der Waals surface area contributed by atoms with Gasteiger partial charge in [-0.15, -0.1) is 23.1 Å². The number of hydrogen-bond acceptors (Lipinski definition) is 7. The van der Waals surface area contributed by atoms with E-state index in [4.69, 9.17) is 27.9 Å². The van der Waals surface area contributed by atoms with Crippen molar-refractivity contribution in [3.05, 3.63) is 129 Å². The van der Waals surface area contributed by atoms with Crippen LogP contribution in [0.4, 0.5) is 10.8 Å². The first-order chi connectivity index (χ1) is 22.3. The van der Waals surface area contributed by atoms with E-state index >= 15 is 0 Å². The number of halogens is 2. The first kappa shape index (κ1) is 32.8. The molecule has 8 nitrogen and oxygen atoms in total. The van der Waals surface area contributed by atoms with Crippen LogP contribution in [0.25, 0.3) is 17.3 Å². The molecule has 0 fully saturated rings. The number of rotatable bonds is 11. The highest BCUT2D eigenvalue weighted by atomic mass is 35.5. The molecule has 0 aliphatic rings. The minimum atomic E-state index is -0.498. The van der Waals surface area contributed by atoms with Crippen molar-refractivity contribution < 1.29 is 19.1 Å². The molecule has 3 amide bonds. The fraction of sp³-hybridized carbons (Fsp3) is 0.0588. The fourth-order valence-corrected chi connectivity index (χ4v) is 6.03. The molecule has 0 atom stereocenters. The SMILES string of the molecule is COc1ccc(/C=C(\NC(=O)c2ccccc2)C(=O)Nc2ccc(SCC(=O)Nc3nc(-c4ccc(Cl)cc4Cl)cs3)cc2)cc1. The van der Waals surface area contributed by atoms with E-state index < -0.39 is 11.8 Å². The van der Waals surface area contributed by atoms with Gasteiger partial charge in [-0.25, -0.2) is 4.98 Å². The molecule has 0 unspecified atom stereocenters. The van der Waals surface area contributed by atoms with Gasteiger partial charge in [0.1, 0.15) is 11.4 Å². The number of aromatic nitrogens is 1. The maximum atomic E-state index is 13.3. The zero-order valence-corrected chi connectivity index (χ0v) is 27.4. The van der Waals surface area contributed by atoms with Crippen molar-refractivity contribution in [2.45, 2.75) is 4.90 Å². The van der Waals surface area contributed by atoms with Crippen molar-refractivity contribution in [3.63, 3.8) is 0 Å². The number of carbonyl (C=O) groups is 3. The number of ether oxygens (including phenoxy) is 1. The third-order valence-electron chi connectivity index (χ3n) is 6.40. The normalized spacial score (nSPS) is 11.1. The van der Waals surface area contributed by atoms with Crippen LogP contribution < -0.4 is 20.7 Å². The maximum absolute atomic E-state index is 13.3. The lowest BCUT2D eigenvalue weighted by molar-refractivity contribution is -0.114. The molecular formula is C34H26Cl2N4O4S2. The van der Waals surface area contributed by atoms with Crippen LogP contribution >= 0.6 is 46.3 Å². The Labute approximate surface area is 283 Å². The lowest BCUT2D eigenvalue weighted by Crippen LogP contribution is -2.30. The van der Waals surface area contributed by atoms with Gasteiger partial charge in [-0.1, -0.05) is 53.5 Å². The number of anilines is 2. The fourth-order valence-electron chi connectivity index (χ4n) is 4.10. The van der Waals surface area contributed by atoms with Crippen molar-refractivity contribution in [2.75, 3.05) is 23.5 Å². The molecular weight excluding hydrogens is 663 g/mol. The minimum absolute atomic E-state index is 0.0674. The Hall–Kier alpha value is -4.61. The summed E-state index contributed by atoms with van der Waals surface area (Å²) in [6, 6.07) is 28.0. The second-order valence-electron chi connectivity index (χ2n) is 9.63. The molecule has 0 bridgehead atoms. The Balaban J connectivity index is 1.19. The molecule has 0 saturated heterocycles. The number of hydrogen-bond donors (Lipinski definition) is 3. The molecule has 1 aromatic heterocycles. The number of thiazole rings is 1. The molecule has 1 heterocycles. The van der Waals surface area contributed by atoms with E-state index in [2.05, 4.69) is 20.9 Å². The first-order valence-corrected chi connectivity index (χ1v) is 16.4. The Morgan fingerprint density at radius 1 is 0.913 bits per heavy atom. The van der Waals surface area contributed by atoms with E-state index in [1.165, 1.54) is 23.1 Å². The Morgan fingerprint density at radius 2 is 1.65 bits per heavy atom. The zero-order chi connectivity index (χ0) is 32.5. The van der Waals surface area contributed by atoms with Crippen molar-refractivity contribution in [3.8, 4) is 17.0 Å². The Bertz CT molecular complexity index is 1880. The van der Waals surface area contributed by atoms with Gasteiger partial charge in [-0.05, 0) is 78.4 Å². The average molecular weight is 690 g/mol. The molecule has 3 N–H and O–H groups in total. The van der Waals surface area contributed by atoms with Crippen LogP contribution in [0, 0.1) is 0 Å². The molecule has 232 valence electrons. The number of amides is 3. The van der Waals surface area contributed by atoms with Crippen molar-refractivity contribution in [2.24, 2.45) is 0 Å². The summed E-state index contributed by atoms with van der Waals surface area (Å²) in [5.41, 5.74) is 3.08. The Kier molecular flexibility index (Phi) is 11.1. The van der Waals surface area contributed by atoms with Gasteiger partial charge in [0, 0.05) is 32.1 Å². The van der Waals surface area contributed by atoms with Gasteiger partial charge in [0.2, 0.25) is 5.91 Å². The third kappa shape index (κ3) is 8.98. The summed E-state index contributed by atoms with van der Waals surface area (Å²) in [4.78, 5) is 44.1. The van der Waals surface area contributed by atoms with Gasteiger partial charge in [-0.3, -0.25) is 14.4 Å². The highest BCUT2D eigenvalue weighted by Gasteiger charge is 2.16. The smallest absolute Gasteiger partial charge is 0.272 e. The number of nitrogens with one attached hydrogen (secondary N) is 3. The van der Waals surface area contributed by atoms with Crippen LogP contribution in [0.1, 0.15) is 15.9 Å². The molecule has 0 aliphatic heterocycles. The molecule has 0 spiro atoms. The van der Waals surface area contributed by atoms with Crippen LogP contribution in [0.5, 0.6) is 5.75 Å². The van der Waals surface area contributed by atoms with Crippen LogP contribution in [0.3, 0.4) is 0 Å². The molecule has 12 heteroatoms. The number of methoxy groups -OCH3 is 1. The number of carbonyl (C=O) groups excluding carboxylic acids is 3. The van der Waals surface area contributed by atoms with Crippen molar-refractivity contribution in [1.29, 1.82) is 0 Å². The highest BCUT2D eigenvalue weighted by molar-refractivity contribution is 8.00. The van der Waals surface area contributed by atoms with Crippen LogP contribution in [0.15, 0.2) is 113 Å². The van der Waals surface area contributed by atoms with Crippen molar-refractivity contribution >= 4 is 80.9 Å². The maximum Gasteiger partial charge on any atom is 0.272 e. The predicted molar refractivity (Wildman–Crippen MR) is 187 cm³/mol. The van der Waals surface area contributed by atoms with Gasteiger partial charge in [-0.2, -0.15) is 0 Å². The predicted octanol–water partition coefficient (Wildman–Crippen LogP) is 8.27. The Morgan fingerprint density at radius 3 is 2.35 bits per heavy atom. The minimum Gasteiger partial charge on any atom is -0.497 e. The molecule has 5 aromatic rings. The summed E-state index contributed by atoms with van der Waals surface area (Å²) in [5.74, 6) is -0.301. The van der Waals surface area contributed by atoms with E-state index in [1.54, 1.807) is 104 Å². The van der Waals surface area contributed by atoms with Crippen LogP contribution in [-0.2, 0) is 9.59 Å². The van der Waals surface area contributed by atoms with E-state index in [-0.39, 0.29) is 17.4 Å². The molecule has 46 heavy (non-hydrogen) atoms. The van der Waals surface area contributed by atoms with Gasteiger partial charge >= 0.3 is 0 Å². The summed E-state index contributed by atoms with van der Waals surface area (Å²) in [7, 11) is 1.57. The summed E-state index contributed by atoms with van der Waals surface area (Å²) >= 11 is 14.9. The van der Waals surface area contributed by atoms with E-state index in [1.807, 2.05) is 11.4 Å². The summed E-state index contributed by atoms with van der Waals surface area (Å²) < 4.78 is 5.21. The largest absolute Gasteiger partial charge is 0.497 e. The summed E-state index contributed by atoms with van der Waals surface area (Å²) in [6.07, 6.45) is 1.59. The zero-order valence-electron chi connectivity index (χ0n) is 24.3. The van der Waals surface area contributed by atoms with E-state index in [0.29, 0.717) is 43.4 Å². The number of nitrogens with zero attached hydrogens (tertiary/aromatic N) is 1. The monoisotopic (exact) mass is 688 g/mol. The lowest BCUT2D eigenvalue weighted by Gasteiger charge is -2.12. The summed E-state index contributed by atoms with van der Waals surface area (Å²) in [5, 5.41) is 11.7. The molecule has 0 radical (unpaired) electrons. The van der Waals surface area contributed by atoms with Gasteiger partial charge in [0.05, 0.1) is 23.6 Å². The third-order valence-corrected chi connectivity index (χ3v) is 8.71.